The molecule has 1 saturated heterocycles. The van der Waals surface area contributed by atoms with E-state index >= 15 is 0 Å². The number of rotatable bonds is 4. The van der Waals surface area contributed by atoms with Gasteiger partial charge in [0, 0.05) is 6.54 Å². The molecule has 4 aromatic rings. The van der Waals surface area contributed by atoms with Crippen molar-refractivity contribution in [3.63, 3.8) is 0 Å². The Labute approximate surface area is 169 Å². The highest BCUT2D eigenvalue weighted by Gasteiger charge is 2.23. The molecule has 1 atom stereocenters. The third kappa shape index (κ3) is 3.08. The van der Waals surface area contributed by atoms with Gasteiger partial charge in [0.1, 0.15) is 5.82 Å². The first-order valence-electron chi connectivity index (χ1n) is 9.12. The van der Waals surface area contributed by atoms with Gasteiger partial charge in [0.2, 0.25) is 11.9 Å². The summed E-state index contributed by atoms with van der Waals surface area (Å²) in [6.07, 6.45) is 1.73. The van der Waals surface area contributed by atoms with Crippen LogP contribution in [0.25, 0.3) is 16.7 Å². The largest absolute Gasteiger partial charge is 0.377 e. The van der Waals surface area contributed by atoms with Gasteiger partial charge in [-0.2, -0.15) is 19.6 Å². The standard InChI is InChI=1S/C18H19BrN8O/c1-11-10-28-7-6-26(11)18-24-16-12(19)8-21-27(16)17(25-18)20-9-15-22-13-4-2-3-5-14(13)23-15/h2-5,8,11H,6-7,9-10H2,1H3,(H,22,23)(H,20,24,25). The van der Waals surface area contributed by atoms with Gasteiger partial charge in [-0.1, -0.05) is 12.1 Å². The smallest absolute Gasteiger partial charge is 0.231 e. The average molecular weight is 443 g/mol. The molecule has 2 N–H and O–H groups in total. The van der Waals surface area contributed by atoms with Gasteiger partial charge in [-0.25, -0.2) is 4.98 Å². The second kappa shape index (κ2) is 7.02. The number of nitrogens with zero attached hydrogens (tertiary/aromatic N) is 6. The summed E-state index contributed by atoms with van der Waals surface area (Å²) in [6.45, 7) is 4.69. The van der Waals surface area contributed by atoms with Gasteiger partial charge in [0.25, 0.3) is 0 Å². The second-order valence-electron chi connectivity index (χ2n) is 6.75. The lowest BCUT2D eigenvalue weighted by Gasteiger charge is -2.33. The highest BCUT2D eigenvalue weighted by molar-refractivity contribution is 9.10. The maximum absolute atomic E-state index is 5.54. The molecule has 9 nitrogen and oxygen atoms in total. The quantitative estimate of drug-likeness (QED) is 0.501. The highest BCUT2D eigenvalue weighted by atomic mass is 79.9. The lowest BCUT2D eigenvalue weighted by molar-refractivity contribution is 0.0981. The zero-order valence-electron chi connectivity index (χ0n) is 15.3. The normalized spacial score (nSPS) is 17.5. The van der Waals surface area contributed by atoms with Crippen LogP contribution in [0.1, 0.15) is 12.7 Å². The lowest BCUT2D eigenvalue weighted by atomic mass is 10.3. The summed E-state index contributed by atoms with van der Waals surface area (Å²) in [7, 11) is 0. The van der Waals surface area contributed by atoms with Gasteiger partial charge < -0.3 is 19.9 Å². The maximum Gasteiger partial charge on any atom is 0.231 e. The summed E-state index contributed by atoms with van der Waals surface area (Å²) in [6, 6.07) is 8.17. The Kier molecular flexibility index (Phi) is 4.36. The van der Waals surface area contributed by atoms with E-state index in [1.165, 1.54) is 0 Å². The van der Waals surface area contributed by atoms with Crippen molar-refractivity contribution in [2.24, 2.45) is 0 Å². The Morgan fingerprint density at radius 2 is 2.18 bits per heavy atom. The molecule has 0 spiro atoms. The molecule has 10 heteroatoms. The zero-order chi connectivity index (χ0) is 19.1. The van der Waals surface area contributed by atoms with E-state index in [1.807, 2.05) is 24.3 Å². The van der Waals surface area contributed by atoms with Crippen molar-refractivity contribution in [2.75, 3.05) is 30.0 Å². The third-order valence-corrected chi connectivity index (χ3v) is 5.35. The molecular formula is C18H19BrN8O. The number of anilines is 2. The Hall–Kier alpha value is -2.72. The number of hydrogen-bond donors (Lipinski definition) is 2. The molecule has 1 aliphatic rings. The van der Waals surface area contributed by atoms with E-state index in [9.17, 15) is 0 Å². The van der Waals surface area contributed by atoms with Crippen molar-refractivity contribution in [1.82, 2.24) is 29.5 Å². The number of morpholine rings is 1. The number of hydrogen-bond acceptors (Lipinski definition) is 7. The van der Waals surface area contributed by atoms with E-state index in [0.29, 0.717) is 31.7 Å². The first-order chi connectivity index (χ1) is 13.7. The van der Waals surface area contributed by atoms with Gasteiger partial charge >= 0.3 is 0 Å². The third-order valence-electron chi connectivity index (χ3n) is 4.79. The number of ether oxygens (including phenoxy) is 1. The Bertz CT molecular complexity index is 1110. The van der Waals surface area contributed by atoms with Gasteiger partial charge in [-0.15, -0.1) is 0 Å². The molecule has 4 heterocycles. The first-order valence-corrected chi connectivity index (χ1v) is 9.91. The average Bonchev–Trinajstić information content (AvgIpc) is 3.30. The van der Waals surface area contributed by atoms with Gasteiger partial charge in [0.05, 0.1) is 47.5 Å². The second-order valence-corrected chi connectivity index (χ2v) is 7.60. The van der Waals surface area contributed by atoms with Crippen LogP contribution >= 0.6 is 15.9 Å². The molecule has 5 rings (SSSR count). The summed E-state index contributed by atoms with van der Waals surface area (Å²) in [5, 5.41) is 7.74. The maximum atomic E-state index is 5.54. The van der Waals surface area contributed by atoms with Crippen molar-refractivity contribution in [3.05, 3.63) is 40.8 Å². The van der Waals surface area contributed by atoms with Crippen LogP contribution < -0.4 is 10.2 Å². The van der Waals surface area contributed by atoms with Crippen molar-refractivity contribution in [2.45, 2.75) is 19.5 Å². The van der Waals surface area contributed by atoms with Crippen LogP contribution in [0.3, 0.4) is 0 Å². The van der Waals surface area contributed by atoms with Crippen LogP contribution in [0.5, 0.6) is 0 Å². The molecule has 0 aliphatic carbocycles. The monoisotopic (exact) mass is 442 g/mol. The zero-order valence-corrected chi connectivity index (χ0v) is 16.8. The summed E-state index contributed by atoms with van der Waals surface area (Å²) >= 11 is 3.53. The molecule has 0 saturated carbocycles. The number of benzene rings is 1. The predicted octanol–water partition coefficient (Wildman–Crippen LogP) is 2.60. The number of aromatic amines is 1. The van der Waals surface area contributed by atoms with Crippen LogP contribution in [0.2, 0.25) is 0 Å². The summed E-state index contributed by atoms with van der Waals surface area (Å²) in [5.74, 6) is 2.11. The molecule has 0 bridgehead atoms. The van der Waals surface area contributed by atoms with Crippen molar-refractivity contribution in [1.29, 1.82) is 0 Å². The Morgan fingerprint density at radius 3 is 3.04 bits per heavy atom. The topological polar surface area (TPSA) is 96.3 Å². The van der Waals surface area contributed by atoms with Crippen LogP contribution in [-0.4, -0.2) is 55.4 Å². The molecular weight excluding hydrogens is 424 g/mol. The minimum Gasteiger partial charge on any atom is -0.377 e. The minimum absolute atomic E-state index is 0.209. The van der Waals surface area contributed by atoms with E-state index in [1.54, 1.807) is 10.7 Å². The number of aromatic nitrogens is 6. The van der Waals surface area contributed by atoms with Crippen molar-refractivity contribution < 1.29 is 4.74 Å². The van der Waals surface area contributed by atoms with E-state index in [-0.39, 0.29) is 6.04 Å². The predicted molar refractivity (Wildman–Crippen MR) is 110 cm³/mol. The molecule has 3 aromatic heterocycles. The summed E-state index contributed by atoms with van der Waals surface area (Å²) in [4.78, 5) is 19.5. The number of imidazole rings is 1. The van der Waals surface area contributed by atoms with E-state index in [0.717, 1.165) is 33.5 Å². The van der Waals surface area contributed by atoms with Crippen molar-refractivity contribution in [3.8, 4) is 0 Å². The van der Waals surface area contributed by atoms with Crippen LogP contribution in [-0.2, 0) is 11.3 Å². The molecule has 0 radical (unpaired) electrons. The molecule has 1 fully saturated rings. The summed E-state index contributed by atoms with van der Waals surface area (Å²) in [5.41, 5.74) is 2.67. The number of fused-ring (bicyclic) bond motifs is 2. The lowest BCUT2D eigenvalue weighted by Crippen LogP contribution is -2.44. The molecule has 1 aliphatic heterocycles. The molecule has 1 aromatic carbocycles. The first kappa shape index (κ1) is 17.4. The van der Waals surface area contributed by atoms with E-state index < -0.39 is 0 Å². The number of halogens is 1. The number of H-pyrrole nitrogens is 1. The fourth-order valence-corrected chi connectivity index (χ4v) is 3.71. The SMILES string of the molecule is CC1COCCN1c1nc(NCc2nc3ccccc3[nH]2)n2ncc(Br)c2n1. The van der Waals surface area contributed by atoms with Gasteiger partial charge in [0.15, 0.2) is 5.65 Å². The number of nitrogens with one attached hydrogen (secondary N) is 2. The van der Waals surface area contributed by atoms with Crippen molar-refractivity contribution >= 4 is 44.5 Å². The fourth-order valence-electron chi connectivity index (χ4n) is 3.36. The minimum atomic E-state index is 0.209. The van der Waals surface area contributed by atoms with Gasteiger partial charge in [-0.05, 0) is 35.0 Å². The highest BCUT2D eigenvalue weighted by Crippen LogP contribution is 2.23. The Morgan fingerprint density at radius 1 is 1.29 bits per heavy atom. The summed E-state index contributed by atoms with van der Waals surface area (Å²) < 4.78 is 8.06. The van der Waals surface area contributed by atoms with Crippen LogP contribution in [0.4, 0.5) is 11.9 Å². The van der Waals surface area contributed by atoms with Gasteiger partial charge in [-0.3, -0.25) is 0 Å². The Balaban J connectivity index is 1.48. The van der Waals surface area contributed by atoms with Crippen LogP contribution in [0.15, 0.2) is 34.9 Å². The van der Waals surface area contributed by atoms with Crippen LogP contribution in [0, 0.1) is 0 Å². The molecule has 28 heavy (non-hydrogen) atoms. The molecule has 144 valence electrons. The fraction of sp³-hybridized carbons (Fsp3) is 0.333. The molecule has 0 amide bonds. The van der Waals surface area contributed by atoms with E-state index in [4.69, 9.17) is 14.7 Å². The molecule has 1 unspecified atom stereocenters. The number of para-hydroxylation sites is 2. The van der Waals surface area contributed by atoms with E-state index in [2.05, 4.69) is 48.1 Å².